The first-order chi connectivity index (χ1) is 17.9. The van der Waals surface area contributed by atoms with E-state index in [1.54, 1.807) is 19.3 Å². The van der Waals surface area contributed by atoms with Gasteiger partial charge in [0.1, 0.15) is 22.8 Å². The highest BCUT2D eigenvalue weighted by atomic mass is 19.1. The summed E-state index contributed by atoms with van der Waals surface area (Å²) in [5.41, 5.74) is 1.35. The Kier molecular flexibility index (Phi) is 6.70. The quantitative estimate of drug-likeness (QED) is 0.410. The van der Waals surface area contributed by atoms with E-state index in [1.165, 1.54) is 42.3 Å². The number of nitrogens with one attached hydrogen (secondary N) is 2. The van der Waals surface area contributed by atoms with Crippen molar-refractivity contribution in [1.82, 2.24) is 25.1 Å². The Labute approximate surface area is 212 Å². The molecule has 0 spiro atoms. The summed E-state index contributed by atoms with van der Waals surface area (Å²) in [6.45, 7) is 1.71. The van der Waals surface area contributed by atoms with Crippen molar-refractivity contribution in [3.63, 3.8) is 0 Å². The predicted molar refractivity (Wildman–Crippen MR) is 137 cm³/mol. The maximum Gasteiger partial charge on any atom is 0.274 e. The van der Waals surface area contributed by atoms with Crippen LogP contribution in [0.5, 0.6) is 5.75 Å². The van der Waals surface area contributed by atoms with Crippen molar-refractivity contribution in [3.05, 3.63) is 60.1 Å². The number of fused-ring (bicyclic) bond motifs is 1. The molecule has 0 aliphatic carbocycles. The fraction of sp³-hybridized carbons (Fsp3) is 0.308. The summed E-state index contributed by atoms with van der Waals surface area (Å²) in [5, 5.41) is 11.0. The van der Waals surface area contributed by atoms with Crippen LogP contribution in [0.2, 0.25) is 0 Å². The molecule has 9 nitrogen and oxygen atoms in total. The number of aryl methyl sites for hydroxylation is 1. The van der Waals surface area contributed by atoms with E-state index in [9.17, 15) is 9.18 Å². The second kappa shape index (κ2) is 10.1. The highest BCUT2D eigenvalue weighted by Crippen LogP contribution is 2.38. The van der Waals surface area contributed by atoms with Gasteiger partial charge in [0.2, 0.25) is 0 Å². The number of rotatable bonds is 6. The molecular formula is C26H27F2N7O2. The number of carbonyl (C=O) groups is 1. The number of piperidine rings is 1. The molecule has 1 aliphatic heterocycles. The topological polar surface area (TPSA) is 97.2 Å². The minimum atomic E-state index is -0.585. The normalized spacial score (nSPS) is 15.5. The number of methoxy groups -OCH3 is 1. The lowest BCUT2D eigenvalue weighted by Gasteiger charge is -2.35. The SMILES string of the molecule is COc1cccc(F)c1-c1nccc(C(=O)Nc2cc(F)c3c(cnn3C)c2N(C)[C@@H]2CCCNC2)n1. The molecule has 2 N–H and O–H groups in total. The van der Waals surface area contributed by atoms with E-state index in [2.05, 4.69) is 30.6 Å². The molecule has 2 aromatic carbocycles. The largest absolute Gasteiger partial charge is 0.496 e. The van der Waals surface area contributed by atoms with Gasteiger partial charge < -0.3 is 20.3 Å². The number of amides is 1. The number of hydrogen-bond donors (Lipinski definition) is 2. The highest BCUT2D eigenvalue weighted by molar-refractivity contribution is 6.09. The Bertz CT molecular complexity index is 1470. The molecule has 5 rings (SSSR count). The van der Waals surface area contributed by atoms with Gasteiger partial charge in [0.15, 0.2) is 11.6 Å². The third-order valence-corrected chi connectivity index (χ3v) is 6.67. The van der Waals surface area contributed by atoms with Gasteiger partial charge in [-0.2, -0.15) is 5.10 Å². The van der Waals surface area contributed by atoms with Crippen molar-refractivity contribution < 1.29 is 18.3 Å². The average molecular weight is 508 g/mol. The zero-order valence-corrected chi connectivity index (χ0v) is 20.8. The maximum atomic E-state index is 15.2. The molecule has 0 saturated carbocycles. The summed E-state index contributed by atoms with van der Waals surface area (Å²) in [6, 6.07) is 7.23. The number of aromatic nitrogens is 4. The lowest BCUT2D eigenvalue weighted by Crippen LogP contribution is -2.44. The number of benzene rings is 2. The summed E-state index contributed by atoms with van der Waals surface area (Å²) >= 11 is 0. The molecular weight excluding hydrogens is 480 g/mol. The van der Waals surface area contributed by atoms with Crippen LogP contribution in [0, 0.1) is 11.6 Å². The summed E-state index contributed by atoms with van der Waals surface area (Å²) in [4.78, 5) is 23.8. The van der Waals surface area contributed by atoms with Crippen molar-refractivity contribution in [2.75, 3.05) is 37.5 Å². The van der Waals surface area contributed by atoms with E-state index < -0.39 is 17.5 Å². The van der Waals surface area contributed by atoms with Crippen molar-refractivity contribution >= 4 is 28.2 Å². The van der Waals surface area contributed by atoms with Crippen LogP contribution in [0.15, 0.2) is 42.7 Å². The van der Waals surface area contributed by atoms with Gasteiger partial charge in [0.05, 0.1) is 30.2 Å². The summed E-state index contributed by atoms with van der Waals surface area (Å²) in [6.07, 6.45) is 4.94. The number of anilines is 2. The molecule has 1 atom stereocenters. The van der Waals surface area contributed by atoms with Crippen LogP contribution in [0.3, 0.4) is 0 Å². The average Bonchev–Trinajstić information content (AvgIpc) is 3.30. The lowest BCUT2D eigenvalue weighted by molar-refractivity contribution is 0.102. The number of halogens is 2. The van der Waals surface area contributed by atoms with Crippen LogP contribution in [0.1, 0.15) is 23.3 Å². The number of nitrogens with zero attached hydrogens (tertiary/aromatic N) is 5. The van der Waals surface area contributed by atoms with Gasteiger partial charge in [0.25, 0.3) is 5.91 Å². The van der Waals surface area contributed by atoms with Crippen LogP contribution in [0.4, 0.5) is 20.2 Å². The first-order valence-corrected chi connectivity index (χ1v) is 11.9. The first kappa shape index (κ1) is 24.6. The van der Waals surface area contributed by atoms with E-state index in [0.717, 1.165) is 25.9 Å². The number of likely N-dealkylation sites (N-methyl/N-ethyl adjacent to an activating group) is 1. The van der Waals surface area contributed by atoms with E-state index >= 15 is 4.39 Å². The molecule has 37 heavy (non-hydrogen) atoms. The van der Waals surface area contributed by atoms with Crippen LogP contribution >= 0.6 is 0 Å². The fourth-order valence-electron chi connectivity index (χ4n) is 4.81. The van der Waals surface area contributed by atoms with E-state index in [-0.39, 0.29) is 28.9 Å². The smallest absolute Gasteiger partial charge is 0.274 e. The Morgan fingerprint density at radius 3 is 2.86 bits per heavy atom. The van der Waals surface area contributed by atoms with E-state index in [1.807, 2.05) is 7.05 Å². The Hall–Kier alpha value is -4.12. The molecule has 11 heteroatoms. The van der Waals surface area contributed by atoms with Crippen LogP contribution in [0.25, 0.3) is 22.3 Å². The molecule has 4 aromatic rings. The van der Waals surface area contributed by atoms with Gasteiger partial charge in [0, 0.05) is 44.3 Å². The summed E-state index contributed by atoms with van der Waals surface area (Å²) in [5.74, 6) is -1.43. The predicted octanol–water partition coefficient (Wildman–Crippen LogP) is 3.76. The third kappa shape index (κ3) is 4.57. The number of ether oxygens (including phenoxy) is 1. The molecule has 0 radical (unpaired) electrons. The monoisotopic (exact) mass is 507 g/mol. The first-order valence-electron chi connectivity index (χ1n) is 11.9. The zero-order valence-electron chi connectivity index (χ0n) is 20.8. The molecule has 192 valence electrons. The van der Waals surface area contributed by atoms with Gasteiger partial charge in [-0.3, -0.25) is 9.48 Å². The molecule has 3 heterocycles. The fourth-order valence-corrected chi connectivity index (χ4v) is 4.81. The Balaban J connectivity index is 1.54. The van der Waals surface area contributed by atoms with Crippen molar-refractivity contribution in [3.8, 4) is 17.1 Å². The van der Waals surface area contributed by atoms with Gasteiger partial charge in [-0.25, -0.2) is 18.7 Å². The van der Waals surface area contributed by atoms with Gasteiger partial charge in [-0.05, 0) is 37.6 Å². The minimum Gasteiger partial charge on any atom is -0.496 e. The second-order valence-electron chi connectivity index (χ2n) is 8.93. The molecule has 0 unspecified atom stereocenters. The highest BCUT2D eigenvalue weighted by Gasteiger charge is 2.26. The van der Waals surface area contributed by atoms with E-state index in [4.69, 9.17) is 4.74 Å². The maximum absolute atomic E-state index is 15.2. The Morgan fingerprint density at radius 1 is 1.27 bits per heavy atom. The zero-order chi connectivity index (χ0) is 26.1. The Morgan fingerprint density at radius 2 is 2.11 bits per heavy atom. The molecule has 0 bridgehead atoms. The molecule has 1 amide bonds. The van der Waals surface area contributed by atoms with Crippen molar-refractivity contribution in [2.24, 2.45) is 7.05 Å². The standard InChI is InChI=1S/C26H27F2N7O2/c1-34(15-6-5-10-29-13-15)24-16-14-31-35(2)23(16)18(28)12-20(24)33-26(36)19-9-11-30-25(32-19)22-17(27)7-4-8-21(22)37-3/h4,7-9,11-12,14-15,29H,5-6,10,13H2,1-3H3,(H,33,36)/t15-/m1/s1. The lowest BCUT2D eigenvalue weighted by atomic mass is 10.0. The van der Waals surface area contributed by atoms with Crippen LogP contribution in [-0.4, -0.2) is 58.9 Å². The van der Waals surface area contributed by atoms with Crippen LogP contribution in [-0.2, 0) is 7.05 Å². The van der Waals surface area contributed by atoms with E-state index in [0.29, 0.717) is 22.3 Å². The summed E-state index contributed by atoms with van der Waals surface area (Å²) in [7, 11) is 5.02. The third-order valence-electron chi connectivity index (χ3n) is 6.67. The summed E-state index contributed by atoms with van der Waals surface area (Å²) < 4.78 is 36.5. The molecule has 1 fully saturated rings. The van der Waals surface area contributed by atoms with Crippen molar-refractivity contribution in [2.45, 2.75) is 18.9 Å². The second-order valence-corrected chi connectivity index (χ2v) is 8.93. The number of hydrogen-bond acceptors (Lipinski definition) is 7. The molecule has 2 aromatic heterocycles. The van der Waals surface area contributed by atoms with Gasteiger partial charge in [-0.1, -0.05) is 6.07 Å². The van der Waals surface area contributed by atoms with Gasteiger partial charge >= 0.3 is 0 Å². The minimum absolute atomic E-state index is 0.00196. The van der Waals surface area contributed by atoms with Crippen molar-refractivity contribution in [1.29, 1.82) is 0 Å². The molecule has 1 saturated heterocycles. The van der Waals surface area contributed by atoms with Crippen LogP contribution < -0.4 is 20.3 Å². The van der Waals surface area contributed by atoms with Gasteiger partial charge in [-0.15, -0.1) is 0 Å². The molecule has 1 aliphatic rings. The number of carbonyl (C=O) groups excluding carboxylic acids is 1.